The molecule has 0 saturated heterocycles. The van der Waals surface area contributed by atoms with Crippen LogP contribution in [0.1, 0.15) is 63.4 Å². The molecular formula is C24H27F3. The highest BCUT2D eigenvalue weighted by molar-refractivity contribution is 5.64. The molecule has 4 atom stereocenters. The van der Waals surface area contributed by atoms with Crippen molar-refractivity contribution in [2.75, 3.05) is 0 Å². The molecule has 2 aromatic rings. The minimum atomic E-state index is -1.41. The maximum absolute atomic E-state index is 13.5. The van der Waals surface area contributed by atoms with Gasteiger partial charge in [0.15, 0.2) is 17.5 Å². The fraction of sp³-hybridized carbons (Fsp3) is 0.500. The molecule has 2 aromatic carbocycles. The molecule has 2 aliphatic carbocycles. The van der Waals surface area contributed by atoms with Gasteiger partial charge < -0.3 is 0 Å². The van der Waals surface area contributed by atoms with Gasteiger partial charge >= 0.3 is 0 Å². The fourth-order valence-electron chi connectivity index (χ4n) is 5.33. The third kappa shape index (κ3) is 3.79. The largest absolute Gasteiger partial charge is 0.204 e. The van der Waals surface area contributed by atoms with Crippen LogP contribution < -0.4 is 0 Å². The highest BCUT2D eigenvalue weighted by Gasteiger charge is 2.35. The maximum atomic E-state index is 13.5. The Balaban J connectivity index is 1.47. The first-order valence-corrected chi connectivity index (χ1v) is 10.3. The van der Waals surface area contributed by atoms with Gasteiger partial charge in [0, 0.05) is 0 Å². The van der Waals surface area contributed by atoms with Gasteiger partial charge in [-0.3, -0.25) is 0 Å². The Kier molecular flexibility index (Phi) is 5.29. The normalized spacial score (nSPS) is 28.0. The second kappa shape index (κ2) is 7.69. The van der Waals surface area contributed by atoms with Crippen molar-refractivity contribution in [1.29, 1.82) is 0 Å². The van der Waals surface area contributed by atoms with Crippen LogP contribution in [0.15, 0.2) is 36.4 Å². The van der Waals surface area contributed by atoms with E-state index in [2.05, 4.69) is 19.1 Å². The summed E-state index contributed by atoms with van der Waals surface area (Å²) in [6.45, 7) is 2.32. The lowest BCUT2D eigenvalue weighted by molar-refractivity contribution is 0.116. The predicted octanol–water partition coefficient (Wildman–Crippen LogP) is 7.48. The Morgan fingerprint density at radius 2 is 1.41 bits per heavy atom. The molecule has 0 aromatic heterocycles. The lowest BCUT2D eigenvalue weighted by atomic mass is 9.63. The number of hydrogen-bond donors (Lipinski definition) is 0. The van der Waals surface area contributed by atoms with E-state index in [0.29, 0.717) is 17.0 Å². The van der Waals surface area contributed by atoms with Crippen LogP contribution in [-0.4, -0.2) is 0 Å². The van der Waals surface area contributed by atoms with E-state index >= 15 is 0 Å². The van der Waals surface area contributed by atoms with Gasteiger partial charge in [-0.05, 0) is 84.6 Å². The van der Waals surface area contributed by atoms with Gasteiger partial charge in [0.25, 0.3) is 0 Å². The van der Waals surface area contributed by atoms with Gasteiger partial charge in [0.05, 0.1) is 0 Å². The van der Waals surface area contributed by atoms with Crippen LogP contribution in [0.2, 0.25) is 0 Å². The van der Waals surface area contributed by atoms with Crippen molar-refractivity contribution in [1.82, 2.24) is 0 Å². The SMILES string of the molecule is CCC1CCC2CC(c3ccc(-c4cc(F)c(F)c(F)c4)cc3)CCC2C1. The summed E-state index contributed by atoms with van der Waals surface area (Å²) in [5.41, 5.74) is 2.41. The smallest absolute Gasteiger partial charge is 0.194 e. The zero-order valence-electron chi connectivity index (χ0n) is 15.9. The zero-order valence-corrected chi connectivity index (χ0v) is 15.9. The van der Waals surface area contributed by atoms with E-state index in [-0.39, 0.29) is 0 Å². The predicted molar refractivity (Wildman–Crippen MR) is 103 cm³/mol. The van der Waals surface area contributed by atoms with Crippen LogP contribution in [0.4, 0.5) is 13.2 Å². The highest BCUT2D eigenvalue weighted by atomic mass is 19.2. The van der Waals surface area contributed by atoms with E-state index in [1.807, 2.05) is 12.1 Å². The van der Waals surface area contributed by atoms with E-state index in [9.17, 15) is 13.2 Å². The summed E-state index contributed by atoms with van der Waals surface area (Å²) >= 11 is 0. The topological polar surface area (TPSA) is 0 Å². The number of halogens is 3. The third-order valence-corrected chi connectivity index (χ3v) is 7.00. The van der Waals surface area contributed by atoms with Crippen LogP contribution in [0.5, 0.6) is 0 Å². The van der Waals surface area contributed by atoms with E-state index in [1.54, 1.807) is 0 Å². The molecule has 2 saturated carbocycles. The Bertz CT molecular complexity index is 773. The quantitative estimate of drug-likeness (QED) is 0.490. The Morgan fingerprint density at radius 3 is 2.07 bits per heavy atom. The second-order valence-electron chi connectivity index (χ2n) is 8.49. The number of fused-ring (bicyclic) bond motifs is 1. The summed E-state index contributed by atoms with van der Waals surface area (Å²) < 4.78 is 40.1. The Morgan fingerprint density at radius 1 is 0.778 bits per heavy atom. The molecule has 0 N–H and O–H groups in total. The molecule has 144 valence electrons. The van der Waals surface area contributed by atoms with Crippen LogP contribution in [-0.2, 0) is 0 Å². The van der Waals surface area contributed by atoms with Crippen molar-refractivity contribution < 1.29 is 13.2 Å². The third-order valence-electron chi connectivity index (χ3n) is 7.00. The maximum Gasteiger partial charge on any atom is 0.194 e. The van der Waals surface area contributed by atoms with Crippen molar-refractivity contribution in [3.8, 4) is 11.1 Å². The van der Waals surface area contributed by atoms with Gasteiger partial charge in [-0.2, -0.15) is 0 Å². The van der Waals surface area contributed by atoms with E-state index < -0.39 is 17.5 Å². The Hall–Kier alpha value is -1.77. The minimum absolute atomic E-state index is 0.375. The van der Waals surface area contributed by atoms with Crippen molar-refractivity contribution >= 4 is 0 Å². The number of hydrogen-bond acceptors (Lipinski definition) is 0. The van der Waals surface area contributed by atoms with Crippen LogP contribution in [0.3, 0.4) is 0 Å². The molecule has 3 heteroatoms. The lowest BCUT2D eigenvalue weighted by Crippen LogP contribution is -2.30. The summed E-state index contributed by atoms with van der Waals surface area (Å²) in [6.07, 6.45) is 9.29. The monoisotopic (exact) mass is 372 g/mol. The first-order chi connectivity index (χ1) is 13.0. The molecule has 0 bridgehead atoms. The molecule has 0 nitrogen and oxygen atoms in total. The van der Waals surface area contributed by atoms with E-state index in [1.165, 1.54) is 50.5 Å². The molecular weight excluding hydrogens is 345 g/mol. The molecule has 4 unspecified atom stereocenters. The zero-order chi connectivity index (χ0) is 19.0. The molecule has 0 heterocycles. The molecule has 2 aliphatic rings. The lowest BCUT2D eigenvalue weighted by Gasteiger charge is -2.42. The molecule has 0 radical (unpaired) electrons. The summed E-state index contributed by atoms with van der Waals surface area (Å²) in [5.74, 6) is -0.426. The summed E-state index contributed by atoms with van der Waals surface area (Å²) in [7, 11) is 0. The van der Waals surface area contributed by atoms with Crippen molar-refractivity contribution in [2.45, 2.75) is 57.8 Å². The summed E-state index contributed by atoms with van der Waals surface area (Å²) in [4.78, 5) is 0. The molecule has 0 aliphatic heterocycles. The van der Waals surface area contributed by atoms with Crippen molar-refractivity contribution in [3.63, 3.8) is 0 Å². The van der Waals surface area contributed by atoms with Crippen LogP contribution in [0, 0.1) is 35.2 Å². The van der Waals surface area contributed by atoms with Crippen molar-refractivity contribution in [3.05, 3.63) is 59.4 Å². The standard InChI is InChI=1S/C24H27F3/c1-2-15-3-4-20-12-19(10-9-18(20)11-15)16-5-7-17(8-6-16)21-13-22(25)24(27)23(26)14-21/h5-8,13-15,18-20H,2-4,9-12H2,1H3. The molecule has 0 amide bonds. The van der Waals surface area contributed by atoms with Gasteiger partial charge in [-0.1, -0.05) is 44.0 Å². The van der Waals surface area contributed by atoms with Gasteiger partial charge in [-0.15, -0.1) is 0 Å². The van der Waals surface area contributed by atoms with E-state index in [4.69, 9.17) is 0 Å². The second-order valence-corrected chi connectivity index (χ2v) is 8.49. The van der Waals surface area contributed by atoms with Gasteiger partial charge in [0.2, 0.25) is 0 Å². The van der Waals surface area contributed by atoms with Crippen LogP contribution >= 0.6 is 0 Å². The first kappa shape index (κ1) is 18.6. The van der Waals surface area contributed by atoms with E-state index in [0.717, 1.165) is 29.9 Å². The average molecular weight is 372 g/mol. The molecule has 2 fully saturated rings. The summed E-state index contributed by atoms with van der Waals surface area (Å²) in [5, 5.41) is 0. The number of benzene rings is 2. The fourth-order valence-corrected chi connectivity index (χ4v) is 5.33. The van der Waals surface area contributed by atoms with Crippen LogP contribution in [0.25, 0.3) is 11.1 Å². The molecule has 0 spiro atoms. The number of rotatable bonds is 3. The minimum Gasteiger partial charge on any atom is -0.204 e. The van der Waals surface area contributed by atoms with Gasteiger partial charge in [-0.25, -0.2) is 13.2 Å². The van der Waals surface area contributed by atoms with Gasteiger partial charge in [0.1, 0.15) is 0 Å². The van der Waals surface area contributed by atoms with Crippen molar-refractivity contribution in [2.24, 2.45) is 17.8 Å². The molecule has 27 heavy (non-hydrogen) atoms. The average Bonchev–Trinajstić information content (AvgIpc) is 2.71. The highest BCUT2D eigenvalue weighted by Crippen LogP contribution is 2.48. The Labute approximate surface area is 159 Å². The first-order valence-electron chi connectivity index (χ1n) is 10.3. The summed E-state index contributed by atoms with van der Waals surface area (Å²) in [6, 6.07) is 10.1. The molecule has 4 rings (SSSR count).